The summed E-state index contributed by atoms with van der Waals surface area (Å²) in [5, 5.41) is 8.72. The molecular formula is C17H23N3O2S. The maximum absolute atomic E-state index is 5.32. The summed E-state index contributed by atoms with van der Waals surface area (Å²) in [6, 6.07) is 10.1. The molecule has 124 valence electrons. The molecular weight excluding hydrogens is 310 g/mol. The second-order valence-electron chi connectivity index (χ2n) is 4.87. The summed E-state index contributed by atoms with van der Waals surface area (Å²) in [4.78, 5) is 5.61. The van der Waals surface area contributed by atoms with Gasteiger partial charge < -0.3 is 20.1 Å². The molecule has 1 aromatic carbocycles. The molecule has 0 radical (unpaired) electrons. The average molecular weight is 333 g/mol. The summed E-state index contributed by atoms with van der Waals surface area (Å²) >= 11 is 1.77. The maximum atomic E-state index is 5.32. The quantitative estimate of drug-likeness (QED) is 0.604. The van der Waals surface area contributed by atoms with E-state index in [2.05, 4.69) is 33.1 Å². The molecule has 1 aromatic heterocycles. The summed E-state index contributed by atoms with van der Waals surface area (Å²) in [7, 11) is 5.05. The van der Waals surface area contributed by atoms with Crippen molar-refractivity contribution in [1.29, 1.82) is 0 Å². The van der Waals surface area contributed by atoms with E-state index in [1.807, 2.05) is 18.2 Å². The molecule has 0 spiro atoms. The van der Waals surface area contributed by atoms with E-state index in [9.17, 15) is 0 Å². The molecule has 0 fully saturated rings. The van der Waals surface area contributed by atoms with Crippen LogP contribution in [0.5, 0.6) is 11.5 Å². The van der Waals surface area contributed by atoms with Crippen molar-refractivity contribution in [2.24, 2.45) is 4.99 Å². The van der Waals surface area contributed by atoms with Gasteiger partial charge in [-0.25, -0.2) is 0 Å². The van der Waals surface area contributed by atoms with Crippen molar-refractivity contribution in [3.05, 3.63) is 46.2 Å². The van der Waals surface area contributed by atoms with Gasteiger partial charge in [0.1, 0.15) is 0 Å². The molecule has 0 bridgehead atoms. The van der Waals surface area contributed by atoms with Crippen LogP contribution in [0.2, 0.25) is 0 Å². The van der Waals surface area contributed by atoms with E-state index in [1.54, 1.807) is 32.6 Å². The number of thiophene rings is 1. The monoisotopic (exact) mass is 333 g/mol. The Hall–Kier alpha value is -2.21. The Morgan fingerprint density at radius 2 is 1.96 bits per heavy atom. The van der Waals surface area contributed by atoms with Crippen LogP contribution in [0.1, 0.15) is 10.4 Å². The lowest BCUT2D eigenvalue weighted by Crippen LogP contribution is -2.37. The summed E-state index contributed by atoms with van der Waals surface area (Å²) in [5.41, 5.74) is 1.10. The van der Waals surface area contributed by atoms with Crippen LogP contribution < -0.4 is 20.1 Å². The Kier molecular flexibility index (Phi) is 6.75. The van der Waals surface area contributed by atoms with Crippen LogP contribution in [0.3, 0.4) is 0 Å². The van der Waals surface area contributed by atoms with E-state index in [1.165, 1.54) is 4.88 Å². The van der Waals surface area contributed by atoms with Gasteiger partial charge in [0.2, 0.25) is 0 Å². The third-order valence-corrected chi connectivity index (χ3v) is 4.31. The molecule has 0 unspecified atom stereocenters. The van der Waals surface area contributed by atoms with Crippen LogP contribution in [-0.4, -0.2) is 33.8 Å². The summed E-state index contributed by atoms with van der Waals surface area (Å²) in [5.74, 6) is 2.25. The molecule has 0 amide bonds. The molecule has 23 heavy (non-hydrogen) atoms. The minimum absolute atomic E-state index is 0.666. The van der Waals surface area contributed by atoms with Crippen LogP contribution >= 0.6 is 11.3 Å². The number of nitrogens with one attached hydrogen (secondary N) is 2. The second-order valence-corrected chi connectivity index (χ2v) is 5.90. The molecule has 2 rings (SSSR count). The minimum Gasteiger partial charge on any atom is -0.493 e. The zero-order valence-electron chi connectivity index (χ0n) is 13.8. The van der Waals surface area contributed by atoms with Crippen LogP contribution in [0.25, 0.3) is 0 Å². The summed E-state index contributed by atoms with van der Waals surface area (Å²) in [6.45, 7) is 1.52. The van der Waals surface area contributed by atoms with Gasteiger partial charge in [-0.15, -0.1) is 11.3 Å². The topological polar surface area (TPSA) is 54.9 Å². The van der Waals surface area contributed by atoms with Crippen LogP contribution in [-0.2, 0) is 13.0 Å². The Morgan fingerprint density at radius 3 is 2.61 bits per heavy atom. The number of ether oxygens (including phenoxy) is 2. The van der Waals surface area contributed by atoms with Gasteiger partial charge >= 0.3 is 0 Å². The molecule has 0 saturated carbocycles. The zero-order chi connectivity index (χ0) is 16.5. The highest BCUT2D eigenvalue weighted by atomic mass is 32.1. The van der Waals surface area contributed by atoms with Crippen molar-refractivity contribution in [3.63, 3.8) is 0 Å². The lowest BCUT2D eigenvalue weighted by Gasteiger charge is -2.13. The van der Waals surface area contributed by atoms with E-state index in [-0.39, 0.29) is 0 Å². The molecule has 5 nitrogen and oxygen atoms in total. The fourth-order valence-electron chi connectivity index (χ4n) is 2.16. The molecule has 0 saturated heterocycles. The summed E-state index contributed by atoms with van der Waals surface area (Å²) < 4.78 is 10.6. The molecule has 0 aliphatic heterocycles. The van der Waals surface area contributed by atoms with Gasteiger partial charge in [0, 0.05) is 25.0 Å². The standard InChI is InChI=1S/C17H23N3O2S/c1-18-17(19-9-8-14-5-4-10-23-14)20-12-13-6-7-15(21-2)16(11-13)22-3/h4-7,10-11H,8-9,12H2,1-3H3,(H2,18,19,20). The van der Waals surface area contributed by atoms with Crippen LogP contribution in [0.15, 0.2) is 40.7 Å². The zero-order valence-corrected chi connectivity index (χ0v) is 14.6. The molecule has 0 aliphatic carbocycles. The number of nitrogens with zero attached hydrogens (tertiary/aromatic N) is 1. The highest BCUT2D eigenvalue weighted by Gasteiger charge is 2.05. The van der Waals surface area contributed by atoms with Crippen molar-refractivity contribution in [3.8, 4) is 11.5 Å². The van der Waals surface area contributed by atoms with Gasteiger partial charge in [-0.1, -0.05) is 12.1 Å². The maximum Gasteiger partial charge on any atom is 0.191 e. The van der Waals surface area contributed by atoms with Crippen LogP contribution in [0, 0.1) is 0 Å². The highest BCUT2D eigenvalue weighted by molar-refractivity contribution is 7.09. The predicted molar refractivity (Wildman–Crippen MR) is 95.8 cm³/mol. The van der Waals surface area contributed by atoms with Gasteiger partial charge in [-0.3, -0.25) is 4.99 Å². The summed E-state index contributed by atoms with van der Waals surface area (Å²) in [6.07, 6.45) is 0.995. The van der Waals surface area contributed by atoms with E-state index in [4.69, 9.17) is 9.47 Å². The van der Waals surface area contributed by atoms with E-state index in [0.29, 0.717) is 6.54 Å². The largest absolute Gasteiger partial charge is 0.493 e. The van der Waals surface area contributed by atoms with Crippen LogP contribution in [0.4, 0.5) is 0 Å². The van der Waals surface area contributed by atoms with Crippen molar-refractivity contribution in [1.82, 2.24) is 10.6 Å². The first-order valence-corrected chi connectivity index (χ1v) is 8.32. The van der Waals surface area contributed by atoms with Gasteiger partial charge in [0.25, 0.3) is 0 Å². The first kappa shape index (κ1) is 17.1. The molecule has 6 heteroatoms. The SMILES string of the molecule is CN=C(NCCc1cccs1)NCc1ccc(OC)c(OC)c1. The second kappa shape index (κ2) is 9.05. The lowest BCUT2D eigenvalue weighted by molar-refractivity contribution is 0.354. The number of guanidine groups is 1. The number of rotatable bonds is 7. The number of methoxy groups -OCH3 is 2. The Morgan fingerprint density at radius 1 is 1.13 bits per heavy atom. The Balaban J connectivity index is 1.83. The third-order valence-electron chi connectivity index (χ3n) is 3.38. The normalized spacial score (nSPS) is 11.2. The first-order valence-electron chi connectivity index (χ1n) is 7.44. The minimum atomic E-state index is 0.666. The van der Waals surface area contributed by atoms with Gasteiger partial charge in [-0.05, 0) is 35.6 Å². The first-order chi connectivity index (χ1) is 11.3. The number of hydrogen-bond donors (Lipinski definition) is 2. The average Bonchev–Trinajstić information content (AvgIpc) is 3.11. The smallest absolute Gasteiger partial charge is 0.191 e. The molecule has 0 atom stereocenters. The highest BCUT2D eigenvalue weighted by Crippen LogP contribution is 2.27. The van der Waals surface area contributed by atoms with Crippen molar-refractivity contribution in [2.45, 2.75) is 13.0 Å². The Bertz CT molecular complexity index is 627. The van der Waals surface area contributed by atoms with E-state index >= 15 is 0 Å². The molecule has 2 N–H and O–H groups in total. The number of benzene rings is 1. The van der Waals surface area contributed by atoms with Crippen molar-refractivity contribution in [2.75, 3.05) is 27.8 Å². The van der Waals surface area contributed by atoms with Crippen molar-refractivity contribution < 1.29 is 9.47 Å². The number of aliphatic imine (C=N–C) groups is 1. The van der Waals surface area contributed by atoms with Gasteiger partial charge in [0.05, 0.1) is 14.2 Å². The van der Waals surface area contributed by atoms with Gasteiger partial charge in [0.15, 0.2) is 17.5 Å². The molecule has 1 heterocycles. The Labute approximate surface area is 141 Å². The van der Waals surface area contributed by atoms with E-state index < -0.39 is 0 Å². The van der Waals surface area contributed by atoms with E-state index in [0.717, 1.165) is 36.0 Å². The van der Waals surface area contributed by atoms with Gasteiger partial charge in [-0.2, -0.15) is 0 Å². The fourth-order valence-corrected chi connectivity index (χ4v) is 2.86. The number of hydrogen-bond acceptors (Lipinski definition) is 4. The predicted octanol–water partition coefficient (Wildman–Crippen LogP) is 2.67. The lowest BCUT2D eigenvalue weighted by atomic mass is 10.2. The fraction of sp³-hybridized carbons (Fsp3) is 0.353. The third kappa shape index (κ3) is 5.17. The van der Waals surface area contributed by atoms with Crippen molar-refractivity contribution >= 4 is 17.3 Å². The molecule has 2 aromatic rings. The molecule has 0 aliphatic rings.